The molecule has 0 N–H and O–H groups in total. The lowest BCUT2D eigenvalue weighted by Crippen LogP contribution is -1.93. The van der Waals surface area contributed by atoms with E-state index in [0.717, 1.165) is 0 Å². The number of rotatable bonds is 3. The zero-order valence-electron chi connectivity index (χ0n) is 9.09. The van der Waals surface area contributed by atoms with E-state index < -0.39 is 5.82 Å². The lowest BCUT2D eigenvalue weighted by molar-refractivity contribution is 0.438. The molecular weight excluding hydrogens is 370 g/mol. The maximum absolute atomic E-state index is 13.6. The third-order valence-corrected chi connectivity index (χ3v) is 3.38. The van der Waals surface area contributed by atoms with E-state index >= 15 is 0 Å². The quantitative estimate of drug-likeness (QED) is 0.649. The molecule has 0 aliphatic carbocycles. The van der Waals surface area contributed by atoms with Gasteiger partial charge in [-0.25, -0.2) is 8.78 Å². The molecule has 2 aromatic rings. The van der Waals surface area contributed by atoms with Crippen LogP contribution >= 0.6 is 31.9 Å². The van der Waals surface area contributed by atoms with Gasteiger partial charge in [0.05, 0.1) is 0 Å². The van der Waals surface area contributed by atoms with Gasteiger partial charge in [0.25, 0.3) is 0 Å². The lowest BCUT2D eigenvalue weighted by atomic mass is 10.2. The van der Waals surface area contributed by atoms with E-state index in [0.29, 0.717) is 21.1 Å². The van der Waals surface area contributed by atoms with Gasteiger partial charge in [-0.15, -0.1) is 0 Å². The highest BCUT2D eigenvalue weighted by Crippen LogP contribution is 2.30. The molecule has 0 bridgehead atoms. The van der Waals surface area contributed by atoms with Crippen molar-refractivity contribution in [2.75, 3.05) is 0 Å². The Morgan fingerprint density at radius 2 is 1.72 bits per heavy atom. The van der Waals surface area contributed by atoms with Crippen molar-refractivity contribution in [3.8, 4) is 11.5 Å². The van der Waals surface area contributed by atoms with Crippen LogP contribution in [0, 0.1) is 11.6 Å². The van der Waals surface area contributed by atoms with Crippen molar-refractivity contribution in [1.82, 2.24) is 0 Å². The van der Waals surface area contributed by atoms with E-state index in [1.807, 2.05) is 0 Å². The van der Waals surface area contributed by atoms with Crippen LogP contribution in [0.5, 0.6) is 11.5 Å². The van der Waals surface area contributed by atoms with Crippen molar-refractivity contribution in [1.29, 1.82) is 0 Å². The zero-order chi connectivity index (χ0) is 13.1. The number of benzene rings is 2. The van der Waals surface area contributed by atoms with Gasteiger partial charge in [-0.1, -0.05) is 31.9 Å². The monoisotopic (exact) mass is 376 g/mol. The normalized spacial score (nSPS) is 10.4. The number of halogens is 4. The number of hydrogen-bond acceptors (Lipinski definition) is 1. The van der Waals surface area contributed by atoms with Crippen LogP contribution in [0.1, 0.15) is 5.56 Å². The van der Waals surface area contributed by atoms with Gasteiger partial charge in [0, 0.05) is 15.4 Å². The predicted octanol–water partition coefficient (Wildman–Crippen LogP) is 5.41. The van der Waals surface area contributed by atoms with Crippen LogP contribution in [-0.2, 0) is 5.33 Å². The maximum atomic E-state index is 13.6. The fourth-order valence-corrected chi connectivity index (χ4v) is 2.20. The highest BCUT2D eigenvalue weighted by Gasteiger charge is 2.09. The summed E-state index contributed by atoms with van der Waals surface area (Å²) in [5, 5.41) is 0.429. The number of alkyl halides is 1. The highest BCUT2D eigenvalue weighted by atomic mass is 79.9. The Kier molecular flexibility index (Phi) is 4.35. The third-order valence-electron chi connectivity index (χ3n) is 2.28. The third kappa shape index (κ3) is 3.09. The topological polar surface area (TPSA) is 9.23 Å². The average Bonchev–Trinajstić information content (AvgIpc) is 2.34. The number of ether oxygens (including phenoxy) is 1. The van der Waals surface area contributed by atoms with E-state index in [1.54, 1.807) is 6.07 Å². The predicted molar refractivity (Wildman–Crippen MR) is 73.2 cm³/mol. The molecule has 0 spiro atoms. The smallest absolute Gasteiger partial charge is 0.166 e. The molecule has 18 heavy (non-hydrogen) atoms. The van der Waals surface area contributed by atoms with Crippen molar-refractivity contribution in [3.63, 3.8) is 0 Å². The summed E-state index contributed by atoms with van der Waals surface area (Å²) in [6.45, 7) is 0. The first-order valence-electron chi connectivity index (χ1n) is 5.07. The molecule has 94 valence electrons. The Labute approximate surface area is 120 Å². The molecule has 0 aliphatic rings. The molecule has 2 aromatic carbocycles. The van der Waals surface area contributed by atoms with Crippen molar-refractivity contribution in [2.45, 2.75) is 5.33 Å². The lowest BCUT2D eigenvalue weighted by Gasteiger charge is -2.10. The van der Waals surface area contributed by atoms with E-state index in [4.69, 9.17) is 4.74 Å². The highest BCUT2D eigenvalue weighted by molar-refractivity contribution is 9.10. The summed E-state index contributed by atoms with van der Waals surface area (Å²) in [6, 6.07) is 8.61. The van der Waals surface area contributed by atoms with Gasteiger partial charge < -0.3 is 4.74 Å². The maximum Gasteiger partial charge on any atom is 0.166 e. The fourth-order valence-electron chi connectivity index (χ4n) is 1.43. The van der Waals surface area contributed by atoms with Crippen LogP contribution in [0.2, 0.25) is 0 Å². The second-order valence-corrected chi connectivity index (χ2v) is 5.04. The Balaban J connectivity index is 2.33. The summed E-state index contributed by atoms with van der Waals surface area (Å²) in [5.74, 6) is -0.302. The molecule has 5 heteroatoms. The van der Waals surface area contributed by atoms with Gasteiger partial charge in [0.2, 0.25) is 0 Å². The summed E-state index contributed by atoms with van der Waals surface area (Å²) in [6.07, 6.45) is 0. The van der Waals surface area contributed by atoms with E-state index in [-0.39, 0.29) is 11.6 Å². The first-order chi connectivity index (χ1) is 8.60. The SMILES string of the molecule is Fc1ccc(Oc2ccc(Br)cc2F)c(CBr)c1. The van der Waals surface area contributed by atoms with Crippen molar-refractivity contribution in [2.24, 2.45) is 0 Å². The standard InChI is InChI=1S/C13H8Br2F2O/c14-7-8-5-10(16)2-4-12(8)18-13-3-1-9(15)6-11(13)17/h1-6H,7H2. The van der Waals surface area contributed by atoms with Crippen LogP contribution in [0.15, 0.2) is 40.9 Å². The minimum absolute atomic E-state index is 0.104. The van der Waals surface area contributed by atoms with Crippen LogP contribution in [0.25, 0.3) is 0 Å². The van der Waals surface area contributed by atoms with Gasteiger partial charge in [0.1, 0.15) is 11.6 Å². The second kappa shape index (κ2) is 5.80. The van der Waals surface area contributed by atoms with E-state index in [2.05, 4.69) is 31.9 Å². The first-order valence-corrected chi connectivity index (χ1v) is 6.99. The largest absolute Gasteiger partial charge is 0.454 e. The summed E-state index contributed by atoms with van der Waals surface area (Å²) in [4.78, 5) is 0. The molecule has 1 nitrogen and oxygen atoms in total. The molecule has 0 atom stereocenters. The summed E-state index contributed by atoms with van der Waals surface area (Å²) in [5.41, 5.74) is 0.623. The van der Waals surface area contributed by atoms with Crippen LogP contribution in [-0.4, -0.2) is 0 Å². The number of hydrogen-bond donors (Lipinski definition) is 0. The van der Waals surface area contributed by atoms with Crippen LogP contribution in [0.3, 0.4) is 0 Å². The summed E-state index contributed by atoms with van der Waals surface area (Å²) >= 11 is 6.40. The van der Waals surface area contributed by atoms with Crippen molar-refractivity contribution >= 4 is 31.9 Å². The van der Waals surface area contributed by atoms with Crippen molar-refractivity contribution in [3.05, 3.63) is 58.1 Å². The van der Waals surface area contributed by atoms with Crippen molar-refractivity contribution < 1.29 is 13.5 Å². The first kappa shape index (κ1) is 13.5. The molecule has 0 heterocycles. The molecule has 0 amide bonds. The minimum atomic E-state index is -0.478. The van der Waals surface area contributed by atoms with Gasteiger partial charge in [-0.05, 0) is 36.4 Å². The molecule has 0 aliphatic heterocycles. The second-order valence-electron chi connectivity index (χ2n) is 3.56. The Morgan fingerprint density at radius 3 is 2.39 bits per heavy atom. The molecule has 2 rings (SSSR count). The van der Waals surface area contributed by atoms with Gasteiger partial charge in [-0.3, -0.25) is 0 Å². The Morgan fingerprint density at radius 1 is 1.00 bits per heavy atom. The minimum Gasteiger partial charge on any atom is -0.454 e. The van der Waals surface area contributed by atoms with Gasteiger partial charge >= 0.3 is 0 Å². The molecular formula is C13H8Br2F2O. The van der Waals surface area contributed by atoms with Gasteiger partial charge in [-0.2, -0.15) is 0 Å². The van der Waals surface area contributed by atoms with E-state index in [1.165, 1.54) is 30.3 Å². The molecule has 0 fully saturated rings. The fraction of sp³-hybridized carbons (Fsp3) is 0.0769. The van der Waals surface area contributed by atoms with E-state index in [9.17, 15) is 8.78 Å². The Hall–Kier alpha value is -0.940. The zero-order valence-corrected chi connectivity index (χ0v) is 12.3. The van der Waals surface area contributed by atoms with Crippen LogP contribution < -0.4 is 4.74 Å². The molecule has 0 unspecified atom stereocenters. The molecule has 0 radical (unpaired) electrons. The Bertz CT molecular complexity index is 573. The molecule has 0 saturated heterocycles. The molecule has 0 saturated carbocycles. The van der Waals surface area contributed by atoms with Gasteiger partial charge in [0.15, 0.2) is 11.6 Å². The van der Waals surface area contributed by atoms with Crippen LogP contribution in [0.4, 0.5) is 8.78 Å². The average molecular weight is 378 g/mol. The summed E-state index contributed by atoms with van der Waals surface area (Å²) in [7, 11) is 0. The molecule has 0 aromatic heterocycles. The summed E-state index contributed by atoms with van der Waals surface area (Å²) < 4.78 is 32.7.